The number of aromatic nitrogens is 2. The second-order valence-corrected chi connectivity index (χ2v) is 4.40. The monoisotopic (exact) mass is 220 g/mol. The summed E-state index contributed by atoms with van der Waals surface area (Å²) < 4.78 is 0. The Morgan fingerprint density at radius 3 is 2.81 bits per heavy atom. The first-order valence-electron chi connectivity index (χ1n) is 6.04. The van der Waals surface area contributed by atoms with Crippen molar-refractivity contribution in [2.24, 2.45) is 5.92 Å². The molecule has 4 heteroatoms. The fraction of sp³-hybridized carbons (Fsp3) is 0.667. The number of aryl methyl sites for hydroxylation is 1. The van der Waals surface area contributed by atoms with Gasteiger partial charge in [-0.15, -0.1) is 0 Å². The lowest BCUT2D eigenvalue weighted by Crippen LogP contribution is -2.25. The zero-order chi connectivity index (χ0) is 11.4. The highest BCUT2D eigenvalue weighted by atomic mass is 15.3. The van der Waals surface area contributed by atoms with Crippen LogP contribution in [-0.2, 0) is 6.42 Å². The van der Waals surface area contributed by atoms with Gasteiger partial charge >= 0.3 is 0 Å². The molecule has 1 aliphatic heterocycles. The molecule has 1 aliphatic rings. The highest BCUT2D eigenvalue weighted by molar-refractivity contribution is 5.31. The van der Waals surface area contributed by atoms with Crippen LogP contribution in [0.1, 0.15) is 18.9 Å². The molecule has 1 N–H and O–H groups in total. The maximum Gasteiger partial charge on any atom is 0.225 e. The van der Waals surface area contributed by atoms with Gasteiger partial charge in [0.1, 0.15) is 0 Å². The summed E-state index contributed by atoms with van der Waals surface area (Å²) in [5.41, 5.74) is 1.20. The zero-order valence-electron chi connectivity index (χ0n) is 10.1. The number of hydrogen-bond acceptors (Lipinski definition) is 4. The third-order valence-electron chi connectivity index (χ3n) is 3.16. The molecule has 0 amide bonds. The van der Waals surface area contributed by atoms with E-state index < -0.39 is 0 Å². The first-order valence-corrected chi connectivity index (χ1v) is 6.04. The summed E-state index contributed by atoms with van der Waals surface area (Å²) in [6.45, 7) is 5.37. The molecule has 0 saturated carbocycles. The van der Waals surface area contributed by atoms with Crippen molar-refractivity contribution in [2.45, 2.75) is 19.8 Å². The van der Waals surface area contributed by atoms with Crippen LogP contribution in [0, 0.1) is 5.92 Å². The highest BCUT2D eigenvalue weighted by Crippen LogP contribution is 2.19. The predicted molar refractivity (Wildman–Crippen MR) is 65.7 cm³/mol. The van der Waals surface area contributed by atoms with E-state index in [1.807, 2.05) is 19.4 Å². The average Bonchev–Trinajstić information content (AvgIpc) is 2.78. The summed E-state index contributed by atoms with van der Waals surface area (Å²) in [5, 5.41) is 3.23. The first-order chi connectivity index (χ1) is 7.83. The molecule has 0 aromatic carbocycles. The largest absolute Gasteiger partial charge is 0.340 e. The summed E-state index contributed by atoms with van der Waals surface area (Å²) in [7, 11) is 2.01. The lowest BCUT2D eigenvalue weighted by Gasteiger charge is -2.16. The van der Waals surface area contributed by atoms with Gasteiger partial charge in [-0.1, -0.05) is 6.92 Å². The van der Waals surface area contributed by atoms with Crippen molar-refractivity contribution < 1.29 is 0 Å². The second kappa shape index (κ2) is 5.25. The van der Waals surface area contributed by atoms with Gasteiger partial charge < -0.3 is 10.2 Å². The van der Waals surface area contributed by atoms with Crippen molar-refractivity contribution >= 4 is 5.95 Å². The maximum atomic E-state index is 4.42. The van der Waals surface area contributed by atoms with Crippen LogP contribution >= 0.6 is 0 Å². The molecule has 1 saturated heterocycles. The normalized spacial score (nSPS) is 20.4. The fourth-order valence-electron chi connectivity index (χ4n) is 2.16. The van der Waals surface area contributed by atoms with Crippen LogP contribution in [-0.4, -0.2) is 36.6 Å². The lowest BCUT2D eigenvalue weighted by atomic mass is 10.1. The number of nitrogens with zero attached hydrogens (tertiary/aromatic N) is 3. The number of nitrogens with one attached hydrogen (secondary N) is 1. The zero-order valence-corrected chi connectivity index (χ0v) is 10.1. The van der Waals surface area contributed by atoms with Crippen molar-refractivity contribution in [1.82, 2.24) is 15.3 Å². The summed E-state index contributed by atoms with van der Waals surface area (Å²) in [4.78, 5) is 11.1. The van der Waals surface area contributed by atoms with E-state index in [9.17, 15) is 0 Å². The topological polar surface area (TPSA) is 41.1 Å². The van der Waals surface area contributed by atoms with Gasteiger partial charge in [0.15, 0.2) is 0 Å². The molecule has 4 nitrogen and oxygen atoms in total. The Balaban J connectivity index is 1.97. The van der Waals surface area contributed by atoms with Crippen LogP contribution in [0.25, 0.3) is 0 Å². The van der Waals surface area contributed by atoms with E-state index in [-0.39, 0.29) is 0 Å². The van der Waals surface area contributed by atoms with Gasteiger partial charge in [0, 0.05) is 25.5 Å². The predicted octanol–water partition coefficient (Wildman–Crippen LogP) is 1.08. The van der Waals surface area contributed by atoms with Crippen molar-refractivity contribution in [3.05, 3.63) is 18.0 Å². The van der Waals surface area contributed by atoms with E-state index in [4.69, 9.17) is 0 Å². The number of rotatable bonds is 4. The molecular formula is C12H20N4. The molecule has 16 heavy (non-hydrogen) atoms. The van der Waals surface area contributed by atoms with Crippen molar-refractivity contribution in [3.63, 3.8) is 0 Å². The van der Waals surface area contributed by atoms with Gasteiger partial charge in [0.05, 0.1) is 0 Å². The van der Waals surface area contributed by atoms with E-state index in [1.54, 1.807) is 0 Å². The smallest absolute Gasteiger partial charge is 0.225 e. The minimum atomic E-state index is 0.736. The molecule has 1 aromatic rings. The minimum Gasteiger partial charge on any atom is -0.340 e. The summed E-state index contributed by atoms with van der Waals surface area (Å²) in [5.74, 6) is 1.62. The van der Waals surface area contributed by atoms with Crippen LogP contribution in [0.3, 0.4) is 0 Å². The third kappa shape index (κ3) is 2.50. The molecule has 0 spiro atoms. The van der Waals surface area contributed by atoms with Crippen molar-refractivity contribution in [3.8, 4) is 0 Å². The first kappa shape index (κ1) is 11.3. The van der Waals surface area contributed by atoms with Crippen LogP contribution in [0.2, 0.25) is 0 Å². The molecular weight excluding hydrogens is 200 g/mol. The van der Waals surface area contributed by atoms with Crippen LogP contribution in [0.5, 0.6) is 0 Å². The van der Waals surface area contributed by atoms with Gasteiger partial charge in [-0.25, -0.2) is 9.97 Å². The van der Waals surface area contributed by atoms with Gasteiger partial charge in [0.25, 0.3) is 0 Å². The van der Waals surface area contributed by atoms with Crippen molar-refractivity contribution in [1.29, 1.82) is 0 Å². The van der Waals surface area contributed by atoms with Crippen molar-refractivity contribution in [2.75, 3.05) is 31.6 Å². The quantitative estimate of drug-likeness (QED) is 0.824. The second-order valence-electron chi connectivity index (χ2n) is 4.40. The number of hydrogen-bond donors (Lipinski definition) is 1. The molecule has 0 bridgehead atoms. The number of anilines is 1. The molecule has 2 rings (SSSR count). The average molecular weight is 220 g/mol. The Morgan fingerprint density at radius 1 is 1.44 bits per heavy atom. The third-order valence-corrected chi connectivity index (χ3v) is 3.16. The molecule has 2 heterocycles. The summed E-state index contributed by atoms with van der Waals surface area (Å²) >= 11 is 0. The minimum absolute atomic E-state index is 0.736. The molecule has 1 fully saturated rings. The molecule has 1 atom stereocenters. The van der Waals surface area contributed by atoms with E-state index in [0.717, 1.165) is 37.9 Å². The van der Waals surface area contributed by atoms with Crippen LogP contribution < -0.4 is 10.2 Å². The Kier molecular flexibility index (Phi) is 3.72. The molecule has 0 aliphatic carbocycles. The molecule has 1 unspecified atom stereocenters. The van der Waals surface area contributed by atoms with Gasteiger partial charge in [-0.2, -0.15) is 0 Å². The Morgan fingerprint density at radius 2 is 2.19 bits per heavy atom. The molecule has 0 radical (unpaired) electrons. The van der Waals surface area contributed by atoms with Crippen LogP contribution in [0.15, 0.2) is 12.4 Å². The lowest BCUT2D eigenvalue weighted by molar-refractivity contribution is 0.548. The highest BCUT2D eigenvalue weighted by Gasteiger charge is 2.23. The summed E-state index contributed by atoms with van der Waals surface area (Å²) in [6, 6.07) is 0. The Bertz CT molecular complexity index is 322. The fourth-order valence-corrected chi connectivity index (χ4v) is 2.16. The van der Waals surface area contributed by atoms with E-state index in [2.05, 4.69) is 27.1 Å². The molecule has 1 aromatic heterocycles. The van der Waals surface area contributed by atoms with Gasteiger partial charge in [0.2, 0.25) is 5.95 Å². The van der Waals surface area contributed by atoms with E-state index in [0.29, 0.717) is 0 Å². The van der Waals surface area contributed by atoms with Gasteiger partial charge in [-0.3, -0.25) is 0 Å². The van der Waals surface area contributed by atoms with Gasteiger partial charge in [-0.05, 0) is 37.9 Å². The Hall–Kier alpha value is -1.16. The maximum absolute atomic E-state index is 4.42. The van der Waals surface area contributed by atoms with E-state index in [1.165, 1.54) is 12.0 Å². The summed E-state index contributed by atoms with van der Waals surface area (Å²) in [6.07, 6.45) is 6.11. The van der Waals surface area contributed by atoms with E-state index >= 15 is 0 Å². The molecule has 88 valence electrons. The standard InChI is InChI=1S/C12H20N4/c1-3-10-7-14-12(15-8-10)16-5-4-11(9-16)6-13-2/h7-8,11,13H,3-6,9H2,1-2H3. The van der Waals surface area contributed by atoms with Crippen LogP contribution in [0.4, 0.5) is 5.95 Å². The SMILES string of the molecule is CCc1cnc(N2CCC(CNC)C2)nc1. The Labute approximate surface area is 97.1 Å².